The SMILES string of the molecule is COc1ccc(CNC(=O)CSc2cc(NCc3ccccc3Cl)ncn2)cc1. The van der Waals surface area contributed by atoms with Crippen LogP contribution in [0, 0.1) is 0 Å². The first kappa shape index (κ1) is 21.0. The maximum Gasteiger partial charge on any atom is 0.230 e. The van der Waals surface area contributed by atoms with Gasteiger partial charge in [0.15, 0.2) is 0 Å². The zero-order valence-corrected chi connectivity index (χ0v) is 17.5. The van der Waals surface area contributed by atoms with Crippen LogP contribution in [-0.4, -0.2) is 28.7 Å². The Morgan fingerprint density at radius 1 is 1.10 bits per heavy atom. The number of methoxy groups -OCH3 is 1. The molecular weight excluding hydrogens is 408 g/mol. The third-order valence-electron chi connectivity index (χ3n) is 4.06. The van der Waals surface area contributed by atoms with Gasteiger partial charge in [0.1, 0.15) is 22.9 Å². The minimum Gasteiger partial charge on any atom is -0.497 e. The quantitative estimate of drug-likeness (QED) is 0.393. The van der Waals surface area contributed by atoms with Gasteiger partial charge >= 0.3 is 0 Å². The molecule has 1 amide bonds. The molecule has 0 aliphatic heterocycles. The summed E-state index contributed by atoms with van der Waals surface area (Å²) >= 11 is 7.53. The van der Waals surface area contributed by atoms with Gasteiger partial charge in [-0.2, -0.15) is 0 Å². The molecule has 1 aromatic heterocycles. The Morgan fingerprint density at radius 2 is 1.90 bits per heavy atom. The van der Waals surface area contributed by atoms with Crippen LogP contribution in [-0.2, 0) is 17.9 Å². The van der Waals surface area contributed by atoms with Crippen LogP contribution in [0.3, 0.4) is 0 Å². The molecule has 29 heavy (non-hydrogen) atoms. The third-order valence-corrected chi connectivity index (χ3v) is 5.35. The van der Waals surface area contributed by atoms with Crippen LogP contribution in [0.15, 0.2) is 66.0 Å². The topological polar surface area (TPSA) is 76.1 Å². The highest BCUT2D eigenvalue weighted by molar-refractivity contribution is 7.99. The number of hydrogen-bond donors (Lipinski definition) is 2. The Kier molecular flexibility index (Phi) is 7.72. The molecule has 0 saturated heterocycles. The van der Waals surface area contributed by atoms with E-state index in [0.29, 0.717) is 23.9 Å². The molecule has 0 fully saturated rings. The number of hydrogen-bond acceptors (Lipinski definition) is 6. The van der Waals surface area contributed by atoms with E-state index in [1.165, 1.54) is 18.1 Å². The van der Waals surface area contributed by atoms with Crippen molar-refractivity contribution in [2.24, 2.45) is 0 Å². The Morgan fingerprint density at radius 3 is 2.66 bits per heavy atom. The number of thioether (sulfide) groups is 1. The summed E-state index contributed by atoms with van der Waals surface area (Å²) in [5, 5.41) is 7.56. The largest absolute Gasteiger partial charge is 0.497 e. The van der Waals surface area contributed by atoms with Gasteiger partial charge in [-0.25, -0.2) is 9.97 Å². The molecule has 0 spiro atoms. The van der Waals surface area contributed by atoms with Crippen LogP contribution >= 0.6 is 23.4 Å². The summed E-state index contributed by atoms with van der Waals surface area (Å²) in [6, 6.07) is 17.0. The summed E-state index contributed by atoms with van der Waals surface area (Å²) in [6.45, 7) is 1.03. The van der Waals surface area contributed by atoms with Gasteiger partial charge in [0.2, 0.25) is 5.91 Å². The minimum atomic E-state index is -0.0602. The molecule has 1 heterocycles. The lowest BCUT2D eigenvalue weighted by atomic mass is 10.2. The fourth-order valence-corrected chi connectivity index (χ4v) is 3.38. The number of ether oxygens (including phenoxy) is 1. The molecule has 2 N–H and O–H groups in total. The highest BCUT2D eigenvalue weighted by atomic mass is 35.5. The fraction of sp³-hybridized carbons (Fsp3) is 0.190. The lowest BCUT2D eigenvalue weighted by Crippen LogP contribution is -2.24. The molecule has 0 radical (unpaired) electrons. The van der Waals surface area contributed by atoms with E-state index < -0.39 is 0 Å². The van der Waals surface area contributed by atoms with Crippen LogP contribution in [0.25, 0.3) is 0 Å². The Bertz CT molecular complexity index is 953. The van der Waals surface area contributed by atoms with E-state index in [1.54, 1.807) is 7.11 Å². The number of anilines is 1. The van der Waals surface area contributed by atoms with Gasteiger partial charge in [0.05, 0.1) is 12.9 Å². The molecule has 0 unspecified atom stereocenters. The van der Waals surface area contributed by atoms with Gasteiger partial charge in [-0.3, -0.25) is 4.79 Å². The van der Waals surface area contributed by atoms with Crippen molar-refractivity contribution in [2.75, 3.05) is 18.2 Å². The predicted molar refractivity (Wildman–Crippen MR) is 116 cm³/mol. The first-order valence-electron chi connectivity index (χ1n) is 8.96. The summed E-state index contributed by atoms with van der Waals surface area (Å²) in [5.74, 6) is 1.69. The van der Waals surface area contributed by atoms with Gasteiger partial charge < -0.3 is 15.4 Å². The number of aromatic nitrogens is 2. The fourth-order valence-electron chi connectivity index (χ4n) is 2.48. The molecule has 0 saturated carbocycles. The predicted octanol–water partition coefficient (Wildman–Crippen LogP) is 4.16. The van der Waals surface area contributed by atoms with Crippen LogP contribution < -0.4 is 15.4 Å². The van der Waals surface area contributed by atoms with E-state index in [1.807, 2.05) is 54.6 Å². The number of nitrogens with one attached hydrogen (secondary N) is 2. The van der Waals surface area contributed by atoms with Crippen molar-refractivity contribution in [3.8, 4) is 5.75 Å². The molecule has 0 aliphatic rings. The molecule has 150 valence electrons. The number of amides is 1. The number of carbonyl (C=O) groups is 1. The van der Waals surface area contributed by atoms with Crippen LogP contribution in [0.2, 0.25) is 5.02 Å². The van der Waals surface area contributed by atoms with Crippen molar-refractivity contribution < 1.29 is 9.53 Å². The van der Waals surface area contributed by atoms with Crippen molar-refractivity contribution >= 4 is 35.1 Å². The van der Waals surface area contributed by atoms with Crippen molar-refractivity contribution in [1.29, 1.82) is 0 Å². The average molecular weight is 429 g/mol. The van der Waals surface area contributed by atoms with Gasteiger partial charge in [0, 0.05) is 24.2 Å². The normalized spacial score (nSPS) is 10.4. The van der Waals surface area contributed by atoms with Crippen molar-refractivity contribution in [2.45, 2.75) is 18.1 Å². The van der Waals surface area contributed by atoms with Crippen LogP contribution in [0.5, 0.6) is 5.75 Å². The van der Waals surface area contributed by atoms with E-state index >= 15 is 0 Å². The molecule has 0 bridgehead atoms. The second-order valence-corrected chi connectivity index (χ2v) is 7.50. The summed E-state index contributed by atoms with van der Waals surface area (Å²) in [4.78, 5) is 20.5. The van der Waals surface area contributed by atoms with Gasteiger partial charge in [-0.1, -0.05) is 53.7 Å². The summed E-state index contributed by atoms with van der Waals surface area (Å²) in [5.41, 5.74) is 2.00. The van der Waals surface area contributed by atoms with E-state index in [9.17, 15) is 4.79 Å². The van der Waals surface area contributed by atoms with Crippen molar-refractivity contribution in [3.63, 3.8) is 0 Å². The number of nitrogens with zero attached hydrogens (tertiary/aromatic N) is 2. The van der Waals surface area contributed by atoms with Gasteiger partial charge in [-0.15, -0.1) is 0 Å². The first-order chi connectivity index (χ1) is 14.1. The average Bonchev–Trinajstić information content (AvgIpc) is 2.76. The molecular formula is C21H21ClN4O2S. The monoisotopic (exact) mass is 428 g/mol. The molecule has 3 rings (SSSR count). The van der Waals surface area contributed by atoms with Crippen molar-refractivity contribution in [1.82, 2.24) is 15.3 Å². The molecule has 0 atom stereocenters. The Labute approximate surface area is 179 Å². The van der Waals surface area contributed by atoms with Gasteiger partial charge in [-0.05, 0) is 29.3 Å². The summed E-state index contributed by atoms with van der Waals surface area (Å²) < 4.78 is 5.13. The maximum absolute atomic E-state index is 12.1. The zero-order valence-electron chi connectivity index (χ0n) is 15.9. The second kappa shape index (κ2) is 10.7. The van der Waals surface area contributed by atoms with Crippen LogP contribution in [0.4, 0.5) is 5.82 Å². The highest BCUT2D eigenvalue weighted by Gasteiger charge is 2.06. The molecule has 8 heteroatoms. The van der Waals surface area contributed by atoms with E-state index in [0.717, 1.165) is 21.9 Å². The van der Waals surface area contributed by atoms with E-state index in [4.69, 9.17) is 16.3 Å². The second-order valence-electron chi connectivity index (χ2n) is 6.10. The smallest absolute Gasteiger partial charge is 0.230 e. The number of rotatable bonds is 9. The van der Waals surface area contributed by atoms with E-state index in [2.05, 4.69) is 20.6 Å². The minimum absolute atomic E-state index is 0.0602. The van der Waals surface area contributed by atoms with Gasteiger partial charge in [0.25, 0.3) is 0 Å². The summed E-state index contributed by atoms with van der Waals surface area (Å²) in [6.07, 6.45) is 1.48. The lowest BCUT2D eigenvalue weighted by molar-refractivity contribution is -0.118. The first-order valence-corrected chi connectivity index (χ1v) is 10.3. The number of benzene rings is 2. The number of halogens is 1. The molecule has 0 aliphatic carbocycles. The zero-order chi connectivity index (χ0) is 20.5. The standard InChI is InChI=1S/C21H21ClN4O2S/c1-28-17-8-6-15(7-9-17)11-24-20(27)13-29-21-10-19(25-14-26-21)23-12-16-4-2-3-5-18(16)22/h2-10,14H,11-13H2,1H3,(H,24,27)(H,23,25,26). The molecule has 3 aromatic rings. The third kappa shape index (κ3) is 6.66. The molecule has 6 nitrogen and oxygen atoms in total. The maximum atomic E-state index is 12.1. The number of carbonyl (C=O) groups excluding carboxylic acids is 1. The highest BCUT2D eigenvalue weighted by Crippen LogP contribution is 2.19. The Hall–Kier alpha value is -2.77. The van der Waals surface area contributed by atoms with Crippen molar-refractivity contribution in [3.05, 3.63) is 77.1 Å². The Balaban J connectivity index is 1.45. The van der Waals surface area contributed by atoms with Crippen LogP contribution in [0.1, 0.15) is 11.1 Å². The summed E-state index contributed by atoms with van der Waals surface area (Å²) in [7, 11) is 1.62. The van der Waals surface area contributed by atoms with E-state index in [-0.39, 0.29) is 11.7 Å². The molecule has 2 aromatic carbocycles. The lowest BCUT2D eigenvalue weighted by Gasteiger charge is -2.08.